The van der Waals surface area contributed by atoms with E-state index < -0.39 is 5.97 Å². The summed E-state index contributed by atoms with van der Waals surface area (Å²) in [7, 11) is 0. The lowest BCUT2D eigenvalue weighted by Gasteiger charge is -2.36. The van der Waals surface area contributed by atoms with E-state index in [0.717, 1.165) is 24.8 Å². The van der Waals surface area contributed by atoms with E-state index in [0.29, 0.717) is 11.3 Å². The lowest BCUT2D eigenvalue weighted by Crippen LogP contribution is -2.26. The zero-order valence-electron chi connectivity index (χ0n) is 15.2. The summed E-state index contributed by atoms with van der Waals surface area (Å²) in [5.74, 6) is -0.860. The van der Waals surface area contributed by atoms with Crippen molar-refractivity contribution in [3.63, 3.8) is 0 Å². The molecule has 0 aliphatic heterocycles. The number of hydrogen-bond acceptors (Lipinski definition) is 2. The topological polar surface area (TPSA) is 61.2 Å². The fourth-order valence-electron chi connectivity index (χ4n) is 4.56. The minimum atomic E-state index is -0.840. The number of carbonyl (C=O) groups is 1. The third-order valence-electron chi connectivity index (χ3n) is 5.75. The largest absolute Gasteiger partial charge is 0.478 e. The summed E-state index contributed by atoms with van der Waals surface area (Å²) < 4.78 is 0. The number of carboxylic acid groups (broad SMARTS) is 1. The maximum Gasteiger partial charge on any atom is 0.332 e. The van der Waals surface area contributed by atoms with Crippen molar-refractivity contribution in [2.75, 3.05) is 0 Å². The van der Waals surface area contributed by atoms with Crippen molar-refractivity contribution < 1.29 is 9.90 Å². The van der Waals surface area contributed by atoms with Gasteiger partial charge in [-0.15, -0.1) is 0 Å². The van der Waals surface area contributed by atoms with Gasteiger partial charge in [-0.2, -0.15) is 0 Å². The van der Waals surface area contributed by atoms with E-state index in [9.17, 15) is 9.90 Å². The minimum absolute atomic E-state index is 0.128. The summed E-state index contributed by atoms with van der Waals surface area (Å²) >= 11 is 0. The van der Waals surface area contributed by atoms with Crippen molar-refractivity contribution >= 4 is 17.3 Å². The molecule has 0 saturated heterocycles. The Morgan fingerprint density at radius 3 is 2.85 bits per heavy atom. The van der Waals surface area contributed by atoms with E-state index in [1.807, 2.05) is 12.2 Å². The number of benzene rings is 1. The van der Waals surface area contributed by atoms with Crippen LogP contribution in [0.4, 0.5) is 0 Å². The number of carboxylic acids is 1. The van der Waals surface area contributed by atoms with Gasteiger partial charge in [-0.25, -0.2) is 4.79 Å². The van der Waals surface area contributed by atoms with Crippen molar-refractivity contribution in [2.45, 2.75) is 33.1 Å². The van der Waals surface area contributed by atoms with Crippen LogP contribution in [0.3, 0.4) is 0 Å². The molecule has 3 nitrogen and oxygen atoms in total. The number of fused-ring (bicyclic) bond motifs is 2. The van der Waals surface area contributed by atoms with Gasteiger partial charge in [0.05, 0.1) is 0 Å². The van der Waals surface area contributed by atoms with Crippen LogP contribution in [-0.2, 0) is 11.2 Å². The number of aryl methyl sites for hydroxylation is 1. The highest BCUT2D eigenvalue weighted by molar-refractivity contribution is 5.99. The SMILES string of the molecule is Cc1ccc2c(c1)CC1=CC(=N)CCC1=C2C1C(C(=O)O)=CC=CC1C. The van der Waals surface area contributed by atoms with Gasteiger partial charge < -0.3 is 10.5 Å². The molecule has 0 saturated carbocycles. The van der Waals surface area contributed by atoms with Crippen LogP contribution < -0.4 is 0 Å². The average molecular weight is 345 g/mol. The molecule has 26 heavy (non-hydrogen) atoms. The average Bonchev–Trinajstić information content (AvgIpc) is 2.59. The van der Waals surface area contributed by atoms with Crippen LogP contribution in [0.25, 0.3) is 5.57 Å². The molecule has 3 aliphatic rings. The van der Waals surface area contributed by atoms with E-state index >= 15 is 0 Å². The Morgan fingerprint density at radius 1 is 1.27 bits per heavy atom. The van der Waals surface area contributed by atoms with Crippen molar-refractivity contribution in [3.8, 4) is 0 Å². The molecule has 0 fully saturated rings. The van der Waals surface area contributed by atoms with Gasteiger partial charge in [0.25, 0.3) is 0 Å². The lowest BCUT2D eigenvalue weighted by molar-refractivity contribution is -0.133. The van der Waals surface area contributed by atoms with Crippen LogP contribution in [0, 0.1) is 24.2 Å². The molecule has 0 amide bonds. The first-order chi connectivity index (χ1) is 12.5. The van der Waals surface area contributed by atoms with Crippen LogP contribution in [0.2, 0.25) is 0 Å². The van der Waals surface area contributed by atoms with Gasteiger partial charge in [0.2, 0.25) is 0 Å². The van der Waals surface area contributed by atoms with Gasteiger partial charge in [0.15, 0.2) is 0 Å². The van der Waals surface area contributed by atoms with Crippen molar-refractivity contribution in [2.24, 2.45) is 11.8 Å². The third-order valence-corrected chi connectivity index (χ3v) is 5.75. The highest BCUT2D eigenvalue weighted by Gasteiger charge is 2.36. The molecule has 4 rings (SSSR count). The Kier molecular flexibility index (Phi) is 4.03. The molecule has 0 bridgehead atoms. The normalized spacial score (nSPS) is 24.6. The number of rotatable bonds is 2. The molecule has 0 radical (unpaired) electrons. The first-order valence-electron chi connectivity index (χ1n) is 9.18. The maximum absolute atomic E-state index is 12.0. The van der Waals surface area contributed by atoms with E-state index in [1.165, 1.54) is 27.8 Å². The second kappa shape index (κ2) is 6.24. The number of aliphatic carboxylic acids is 1. The van der Waals surface area contributed by atoms with E-state index in [2.05, 4.69) is 38.1 Å². The minimum Gasteiger partial charge on any atom is -0.478 e. The highest BCUT2D eigenvalue weighted by atomic mass is 16.4. The van der Waals surface area contributed by atoms with Gasteiger partial charge in [0, 0.05) is 17.2 Å². The standard InChI is InChI=1S/C23H23NO2/c1-13-6-8-18-15(10-13)11-16-12-17(24)7-9-19(16)22(18)21-14(2)4-3-5-20(21)23(25)26/h3-6,8,10,12,14,21,24H,7,9,11H2,1-2H3,(H,25,26). The molecule has 0 aromatic heterocycles. The maximum atomic E-state index is 12.0. The fraction of sp³-hybridized carbons (Fsp3) is 0.304. The van der Waals surface area contributed by atoms with E-state index in [4.69, 9.17) is 5.41 Å². The van der Waals surface area contributed by atoms with Gasteiger partial charge in [-0.1, -0.05) is 48.9 Å². The molecule has 1 aromatic rings. The molecule has 3 aliphatic carbocycles. The molecule has 1 aromatic carbocycles. The van der Waals surface area contributed by atoms with Gasteiger partial charge >= 0.3 is 5.97 Å². The Labute approximate surface area is 154 Å². The molecule has 2 N–H and O–H groups in total. The molecule has 2 atom stereocenters. The fourth-order valence-corrected chi connectivity index (χ4v) is 4.56. The van der Waals surface area contributed by atoms with Crippen molar-refractivity contribution in [1.29, 1.82) is 5.41 Å². The van der Waals surface area contributed by atoms with Gasteiger partial charge in [-0.05, 0) is 66.0 Å². The third kappa shape index (κ3) is 2.68. The first kappa shape index (κ1) is 16.8. The first-order valence-corrected chi connectivity index (χ1v) is 9.18. The second-order valence-corrected chi connectivity index (χ2v) is 7.57. The van der Waals surface area contributed by atoms with Gasteiger partial charge in [0.1, 0.15) is 0 Å². The molecule has 0 spiro atoms. The number of allylic oxidation sites excluding steroid dienone is 7. The van der Waals surface area contributed by atoms with E-state index in [1.54, 1.807) is 6.08 Å². The second-order valence-electron chi connectivity index (χ2n) is 7.57. The summed E-state index contributed by atoms with van der Waals surface area (Å²) in [4.78, 5) is 12.0. The van der Waals surface area contributed by atoms with Crippen molar-refractivity contribution in [1.82, 2.24) is 0 Å². The zero-order chi connectivity index (χ0) is 18.4. The van der Waals surface area contributed by atoms with Crippen molar-refractivity contribution in [3.05, 3.63) is 75.9 Å². The molecule has 132 valence electrons. The van der Waals surface area contributed by atoms with Crippen LogP contribution in [0.1, 0.15) is 36.5 Å². The molecule has 3 heteroatoms. The van der Waals surface area contributed by atoms with E-state index in [-0.39, 0.29) is 11.8 Å². The summed E-state index contributed by atoms with van der Waals surface area (Å²) in [6.07, 6.45) is 10.1. The lowest BCUT2D eigenvalue weighted by atomic mass is 9.67. The Bertz CT molecular complexity index is 943. The quantitative estimate of drug-likeness (QED) is 0.802. The Morgan fingerprint density at radius 2 is 2.08 bits per heavy atom. The zero-order valence-corrected chi connectivity index (χ0v) is 15.2. The Balaban J connectivity index is 1.98. The van der Waals surface area contributed by atoms with Crippen LogP contribution in [0.5, 0.6) is 0 Å². The summed E-state index contributed by atoms with van der Waals surface area (Å²) in [6, 6.07) is 6.49. The highest BCUT2D eigenvalue weighted by Crippen LogP contribution is 2.47. The monoisotopic (exact) mass is 345 g/mol. The Hall–Kier alpha value is -2.68. The molecular weight excluding hydrogens is 322 g/mol. The predicted molar refractivity (Wildman–Crippen MR) is 104 cm³/mol. The predicted octanol–water partition coefficient (Wildman–Crippen LogP) is 4.88. The smallest absolute Gasteiger partial charge is 0.332 e. The van der Waals surface area contributed by atoms with Gasteiger partial charge in [-0.3, -0.25) is 0 Å². The summed E-state index contributed by atoms with van der Waals surface area (Å²) in [6.45, 7) is 4.19. The van der Waals surface area contributed by atoms with Crippen LogP contribution in [-0.4, -0.2) is 16.8 Å². The molecule has 2 unspecified atom stereocenters. The molecular formula is C23H23NO2. The van der Waals surface area contributed by atoms with Crippen LogP contribution in [0.15, 0.2) is 59.2 Å². The number of nitrogens with one attached hydrogen (secondary N) is 1. The van der Waals surface area contributed by atoms with Crippen LogP contribution >= 0.6 is 0 Å². The summed E-state index contributed by atoms with van der Waals surface area (Å²) in [5.41, 5.74) is 8.41. The molecule has 0 heterocycles. The number of hydrogen-bond donors (Lipinski definition) is 2. The summed E-state index contributed by atoms with van der Waals surface area (Å²) in [5, 5.41) is 17.9.